The average Bonchev–Trinajstić information content (AvgIpc) is 2.58. The zero-order valence-electron chi connectivity index (χ0n) is 16.0. The number of allylic oxidation sites excluding steroid dienone is 2. The summed E-state index contributed by atoms with van der Waals surface area (Å²) in [5.41, 5.74) is 2.17. The molecule has 0 saturated carbocycles. The topological polar surface area (TPSA) is 52.6 Å². The number of halogens is 1. The van der Waals surface area contributed by atoms with Crippen LogP contribution < -0.4 is 0 Å². The number of hydrogen-bond acceptors (Lipinski definition) is 4. The van der Waals surface area contributed by atoms with Gasteiger partial charge in [0.05, 0.1) is 0 Å². The van der Waals surface area contributed by atoms with Gasteiger partial charge in [-0.15, -0.1) is 0 Å². The first kappa shape index (κ1) is 21.4. The van der Waals surface area contributed by atoms with Crippen molar-refractivity contribution in [1.82, 2.24) is 0 Å². The van der Waals surface area contributed by atoms with E-state index in [1.807, 2.05) is 24.3 Å². The Bertz CT molecular complexity index is 647. The van der Waals surface area contributed by atoms with Gasteiger partial charge >= 0.3 is 159 Å². The third-order valence-corrected chi connectivity index (χ3v) is 7.01. The van der Waals surface area contributed by atoms with Crippen LogP contribution in [0, 0.1) is 3.57 Å². The molecule has 0 N–H and O–H groups in total. The fourth-order valence-corrected chi connectivity index (χ4v) is 4.61. The van der Waals surface area contributed by atoms with Crippen LogP contribution >= 0.6 is 20.6 Å². The van der Waals surface area contributed by atoms with Gasteiger partial charge in [0.2, 0.25) is 0 Å². The van der Waals surface area contributed by atoms with E-state index in [1.165, 1.54) is 5.56 Å². The third-order valence-electron chi connectivity index (χ3n) is 3.68. The van der Waals surface area contributed by atoms with Crippen molar-refractivity contribution in [2.24, 2.45) is 0 Å². The first-order valence-electron chi connectivity index (χ1n) is 8.12. The van der Waals surface area contributed by atoms with Crippen molar-refractivity contribution < 1.29 is 15.7 Å². The molecule has 0 aliphatic carbocycles. The molecule has 0 heterocycles. The van der Waals surface area contributed by atoms with Crippen molar-refractivity contribution in [2.75, 3.05) is 0 Å². The predicted molar refractivity (Wildman–Crippen MR) is 109 cm³/mol. The minimum absolute atomic E-state index is 0.0218. The summed E-state index contributed by atoms with van der Waals surface area (Å²) in [6.45, 7) is 13.3. The van der Waals surface area contributed by atoms with E-state index in [4.69, 9.17) is 6.13 Å². The van der Waals surface area contributed by atoms with E-state index in [-0.39, 0.29) is 5.41 Å². The summed E-state index contributed by atoms with van der Waals surface area (Å²) in [7, 11) is 0. The summed E-state index contributed by atoms with van der Waals surface area (Å²) in [6.07, 6.45) is 3.36. The summed E-state index contributed by atoms with van der Waals surface area (Å²) in [5.74, 6) is -0.892. The zero-order chi connectivity index (χ0) is 19.2. The summed E-state index contributed by atoms with van der Waals surface area (Å²) in [4.78, 5) is 24.3. The van der Waals surface area contributed by atoms with Gasteiger partial charge in [0.1, 0.15) is 0 Å². The van der Waals surface area contributed by atoms with Gasteiger partial charge in [-0.3, -0.25) is 0 Å². The van der Waals surface area contributed by atoms with Crippen LogP contribution in [-0.4, -0.2) is 11.9 Å². The fourth-order valence-electron chi connectivity index (χ4n) is 1.64. The van der Waals surface area contributed by atoms with Crippen molar-refractivity contribution in [3.63, 3.8) is 0 Å². The molecule has 138 valence electrons. The van der Waals surface area contributed by atoms with Gasteiger partial charge in [-0.25, -0.2) is 0 Å². The Morgan fingerprint density at radius 3 is 1.60 bits per heavy atom. The van der Waals surface area contributed by atoms with E-state index in [1.54, 1.807) is 39.8 Å². The molecule has 5 heteroatoms. The van der Waals surface area contributed by atoms with Crippen LogP contribution in [0.1, 0.15) is 54.0 Å². The Morgan fingerprint density at radius 1 is 0.880 bits per heavy atom. The van der Waals surface area contributed by atoms with Gasteiger partial charge in [-0.1, -0.05) is 0 Å². The first-order chi connectivity index (χ1) is 11.6. The Morgan fingerprint density at radius 2 is 1.28 bits per heavy atom. The summed E-state index contributed by atoms with van der Waals surface area (Å²) < 4.78 is 11.9. The molecule has 0 aliphatic rings. The van der Waals surface area contributed by atoms with Gasteiger partial charge in [0, 0.05) is 0 Å². The van der Waals surface area contributed by atoms with Gasteiger partial charge in [-0.2, -0.15) is 0 Å². The normalized spacial score (nSPS) is 13.3. The molecule has 0 amide bonds. The molecule has 0 aliphatic heterocycles. The zero-order valence-corrected chi connectivity index (χ0v) is 18.1. The van der Waals surface area contributed by atoms with Crippen molar-refractivity contribution in [2.45, 2.75) is 53.9 Å². The Hall–Kier alpha value is -1.63. The molecule has 0 spiro atoms. The van der Waals surface area contributed by atoms with E-state index in [0.29, 0.717) is 11.1 Å². The summed E-state index contributed by atoms with van der Waals surface area (Å²) >= 11 is -2.91. The van der Waals surface area contributed by atoms with Crippen LogP contribution in [-0.2, 0) is 21.1 Å². The quantitative estimate of drug-likeness (QED) is 0.432. The van der Waals surface area contributed by atoms with Crippen molar-refractivity contribution >= 4 is 32.6 Å². The van der Waals surface area contributed by atoms with Crippen LogP contribution in [0.4, 0.5) is 0 Å². The number of rotatable bonds is 5. The maximum absolute atomic E-state index is 12.1. The monoisotopic (exact) mass is 458 g/mol. The number of carbonyl (C=O) groups is 2. The van der Waals surface area contributed by atoms with E-state index < -0.39 is 32.6 Å². The van der Waals surface area contributed by atoms with E-state index in [2.05, 4.69) is 20.8 Å². The first-order valence-corrected chi connectivity index (χ1v) is 11.0. The predicted octanol–water partition coefficient (Wildman–Crippen LogP) is 5.51. The number of benzene rings is 1. The second-order valence-corrected chi connectivity index (χ2v) is 10.0. The molecule has 1 rings (SSSR count). The molecule has 4 nitrogen and oxygen atoms in total. The van der Waals surface area contributed by atoms with Crippen LogP contribution in [0.15, 0.2) is 47.6 Å². The van der Waals surface area contributed by atoms with Gasteiger partial charge in [-0.05, 0) is 0 Å². The van der Waals surface area contributed by atoms with Gasteiger partial charge < -0.3 is 0 Å². The molecule has 0 atom stereocenters. The van der Waals surface area contributed by atoms with Crippen LogP contribution in [0.2, 0.25) is 0 Å². The molecule has 25 heavy (non-hydrogen) atoms. The van der Waals surface area contributed by atoms with Crippen molar-refractivity contribution in [3.8, 4) is 0 Å². The van der Waals surface area contributed by atoms with Crippen LogP contribution in [0.25, 0.3) is 0 Å². The van der Waals surface area contributed by atoms with Crippen molar-refractivity contribution in [3.05, 3.63) is 56.7 Å². The molecule has 0 fully saturated rings. The third kappa shape index (κ3) is 6.30. The number of hydrogen-bond donors (Lipinski definition) is 0. The molecule has 0 radical (unpaired) electrons. The van der Waals surface area contributed by atoms with Crippen LogP contribution in [0.5, 0.6) is 0 Å². The number of carbonyl (C=O) groups excluding carboxylic acids is 2. The molecule has 0 bridgehead atoms. The standard InChI is InChI=1S/C20H27IO4/c1-8-14(3)18(22)24-21(25-19(23)15(4)9-2)17-12-10-16(11-13-17)20(5,6)7/h8-13H,1-7H3/b14-8+,15-9+. The maximum atomic E-state index is 12.1. The Kier molecular flexibility index (Phi) is 7.86. The second kappa shape index (κ2) is 9.17. The van der Waals surface area contributed by atoms with E-state index in [0.717, 1.165) is 3.57 Å². The molecule has 0 saturated heterocycles. The molecule has 1 aromatic rings. The second-order valence-electron chi connectivity index (χ2n) is 6.65. The SMILES string of the molecule is C/C=C(\C)C(=O)OI(OC(=O)/C(C)=C/C)c1ccc(C(C)(C)C)cc1. The molecule has 1 aromatic carbocycles. The summed E-state index contributed by atoms with van der Waals surface area (Å²) in [6, 6.07) is 7.77. The van der Waals surface area contributed by atoms with Gasteiger partial charge in [0.15, 0.2) is 0 Å². The Labute approximate surface area is 158 Å². The Balaban J connectivity index is 3.13. The fraction of sp³-hybridized carbons (Fsp3) is 0.400. The van der Waals surface area contributed by atoms with Gasteiger partial charge in [0.25, 0.3) is 0 Å². The molecular formula is C20H27IO4. The summed E-state index contributed by atoms with van der Waals surface area (Å²) in [5, 5.41) is 0. The van der Waals surface area contributed by atoms with Crippen molar-refractivity contribution in [1.29, 1.82) is 0 Å². The minimum atomic E-state index is -2.91. The van der Waals surface area contributed by atoms with E-state index in [9.17, 15) is 9.59 Å². The molecular weight excluding hydrogens is 431 g/mol. The molecule has 0 aromatic heterocycles. The molecule has 0 unspecified atom stereocenters. The average molecular weight is 458 g/mol. The van der Waals surface area contributed by atoms with Crippen LogP contribution in [0.3, 0.4) is 0 Å². The van der Waals surface area contributed by atoms with E-state index >= 15 is 0 Å².